The molecule has 0 spiro atoms. The fourth-order valence-corrected chi connectivity index (χ4v) is 9.55. The van der Waals surface area contributed by atoms with Gasteiger partial charge in [0.2, 0.25) is 0 Å². The molecule has 2 aliphatic heterocycles. The number of aryl methyl sites for hydroxylation is 1. The minimum atomic E-state index is -2.99. The molecule has 5 atom stereocenters. The molecule has 1 aromatic rings. The summed E-state index contributed by atoms with van der Waals surface area (Å²) >= 11 is 1.52. The number of benzene rings is 1. The maximum atomic E-state index is 12.7. The second-order valence-corrected chi connectivity index (χ2v) is 12.3. The van der Waals surface area contributed by atoms with E-state index >= 15 is 0 Å². The molecule has 4 aliphatic rings. The summed E-state index contributed by atoms with van der Waals surface area (Å²) in [6, 6.07) is 8.33. The number of aliphatic imine (C=N–C) groups is 1. The first kappa shape index (κ1) is 18.7. The van der Waals surface area contributed by atoms with Gasteiger partial charge in [0.15, 0.2) is 15.0 Å². The second-order valence-electron chi connectivity index (χ2n) is 8.90. The Labute approximate surface area is 170 Å². The molecule has 2 bridgehead atoms. The van der Waals surface area contributed by atoms with Gasteiger partial charge >= 0.3 is 0 Å². The first-order valence-electron chi connectivity index (χ1n) is 10.2. The van der Waals surface area contributed by atoms with Crippen LogP contribution >= 0.6 is 11.8 Å². The quantitative estimate of drug-likeness (QED) is 0.755. The van der Waals surface area contributed by atoms with Gasteiger partial charge in [-0.3, -0.25) is 4.79 Å². The smallest absolute Gasteiger partial charge is 0.252 e. The Bertz CT molecular complexity index is 925. The largest absolute Gasteiger partial charge is 0.343 e. The summed E-state index contributed by atoms with van der Waals surface area (Å²) in [4.78, 5) is 19.4. The van der Waals surface area contributed by atoms with E-state index in [0.29, 0.717) is 18.4 Å². The van der Waals surface area contributed by atoms with Crippen molar-refractivity contribution in [1.29, 1.82) is 0 Å². The Morgan fingerprint density at radius 3 is 2.61 bits per heavy atom. The van der Waals surface area contributed by atoms with Crippen LogP contribution in [-0.4, -0.2) is 53.2 Å². The van der Waals surface area contributed by atoms with Crippen LogP contribution in [0.3, 0.4) is 0 Å². The number of carbonyl (C=O) groups is 1. The van der Waals surface area contributed by atoms with Crippen molar-refractivity contribution in [3.63, 3.8) is 0 Å². The van der Waals surface area contributed by atoms with Crippen LogP contribution in [0.15, 0.2) is 29.3 Å². The van der Waals surface area contributed by atoms with Crippen molar-refractivity contribution in [2.24, 2.45) is 16.8 Å². The number of sulfone groups is 1. The summed E-state index contributed by atoms with van der Waals surface area (Å²) < 4.78 is 24.4. The normalized spacial score (nSPS) is 37.0. The maximum absolute atomic E-state index is 12.7. The molecule has 1 aromatic carbocycles. The molecule has 4 fully saturated rings. The summed E-state index contributed by atoms with van der Waals surface area (Å²) in [5.41, 5.74) is 2.14. The summed E-state index contributed by atoms with van der Waals surface area (Å²) in [5.74, 6) is 1.68. The minimum absolute atomic E-state index is 0.00900. The second kappa shape index (κ2) is 6.87. The number of amidine groups is 1. The van der Waals surface area contributed by atoms with E-state index in [2.05, 4.69) is 9.89 Å². The highest BCUT2D eigenvalue weighted by Gasteiger charge is 2.54. The number of hydrogen-bond donors (Lipinski definition) is 0. The van der Waals surface area contributed by atoms with Crippen LogP contribution in [0.1, 0.15) is 36.8 Å². The highest BCUT2D eigenvalue weighted by atomic mass is 32.2. The summed E-state index contributed by atoms with van der Waals surface area (Å²) in [6.07, 6.45) is 5.20. The van der Waals surface area contributed by atoms with E-state index in [1.54, 1.807) is 0 Å². The summed E-state index contributed by atoms with van der Waals surface area (Å²) in [6.45, 7) is 2.03. The predicted octanol–water partition coefficient (Wildman–Crippen LogP) is 2.82. The lowest BCUT2D eigenvalue weighted by Gasteiger charge is -2.36. The van der Waals surface area contributed by atoms with Gasteiger partial charge in [-0.2, -0.15) is 4.99 Å². The van der Waals surface area contributed by atoms with Crippen molar-refractivity contribution < 1.29 is 13.2 Å². The number of hydrogen-bond acceptors (Lipinski definition) is 4. The van der Waals surface area contributed by atoms with Gasteiger partial charge in [0.05, 0.1) is 24.0 Å². The molecule has 7 heteroatoms. The van der Waals surface area contributed by atoms with E-state index in [-0.39, 0.29) is 28.7 Å². The van der Waals surface area contributed by atoms with Crippen molar-refractivity contribution >= 4 is 32.7 Å². The molecule has 28 heavy (non-hydrogen) atoms. The van der Waals surface area contributed by atoms with Crippen molar-refractivity contribution in [1.82, 2.24) is 4.90 Å². The molecule has 150 valence electrons. The number of thioether (sulfide) groups is 1. The third kappa shape index (κ3) is 3.41. The Balaban J connectivity index is 1.40. The van der Waals surface area contributed by atoms with Crippen LogP contribution in [0.4, 0.5) is 0 Å². The molecule has 2 aliphatic carbocycles. The highest BCUT2D eigenvalue weighted by Crippen LogP contribution is 2.51. The van der Waals surface area contributed by atoms with E-state index in [1.165, 1.54) is 36.6 Å². The van der Waals surface area contributed by atoms with Crippen LogP contribution in [-0.2, 0) is 21.1 Å². The number of rotatable bonds is 3. The molecule has 2 saturated heterocycles. The van der Waals surface area contributed by atoms with Crippen molar-refractivity contribution in [3.05, 3.63) is 35.4 Å². The standard InChI is InChI=1S/C21H26N2O3S2/c1-13-2-4-14(5-3-13)10-20(24)22-21-23(17-9-15-6-7-16(17)8-15)18-11-28(25,26)12-19(18)27-21/h2-5,15-19H,6-12H2,1H3/t15-,16-,17-,18+,19+/m1/s1. The van der Waals surface area contributed by atoms with Gasteiger partial charge in [0, 0.05) is 11.3 Å². The SMILES string of the molecule is Cc1ccc(CC(=O)N=C2S[C@H]3CS(=O)(=O)C[C@@H]3N2[C@@H]2C[C@@H]3CC[C@@H]2C3)cc1. The number of carbonyl (C=O) groups excluding carboxylic acids is 1. The molecule has 0 aromatic heterocycles. The van der Waals surface area contributed by atoms with Gasteiger partial charge in [-0.25, -0.2) is 8.42 Å². The van der Waals surface area contributed by atoms with Crippen molar-refractivity contribution in [3.8, 4) is 0 Å². The third-order valence-electron chi connectivity index (χ3n) is 6.86. The molecule has 0 N–H and O–H groups in total. The Morgan fingerprint density at radius 1 is 1.14 bits per heavy atom. The van der Waals surface area contributed by atoms with Gasteiger partial charge in [-0.1, -0.05) is 48.0 Å². The van der Waals surface area contributed by atoms with Gasteiger partial charge in [0.1, 0.15) is 0 Å². The fraction of sp³-hybridized carbons (Fsp3) is 0.619. The van der Waals surface area contributed by atoms with E-state index in [0.717, 1.165) is 23.1 Å². The monoisotopic (exact) mass is 418 g/mol. The Morgan fingerprint density at radius 2 is 1.93 bits per heavy atom. The molecule has 2 heterocycles. The van der Waals surface area contributed by atoms with Crippen molar-refractivity contribution in [2.45, 2.75) is 56.4 Å². The molecule has 0 radical (unpaired) electrons. The first-order valence-corrected chi connectivity index (χ1v) is 12.9. The van der Waals surface area contributed by atoms with E-state index in [4.69, 9.17) is 0 Å². The zero-order valence-electron chi connectivity index (χ0n) is 16.1. The fourth-order valence-electron chi connectivity index (χ4n) is 5.56. The number of fused-ring (bicyclic) bond motifs is 3. The molecule has 2 saturated carbocycles. The summed E-state index contributed by atoms with van der Waals surface area (Å²) in [5, 5.41) is 0.801. The average Bonchev–Trinajstić information content (AvgIpc) is 3.36. The van der Waals surface area contributed by atoms with E-state index < -0.39 is 9.84 Å². The van der Waals surface area contributed by atoms with Gasteiger partial charge in [-0.05, 0) is 43.6 Å². The lowest BCUT2D eigenvalue weighted by molar-refractivity contribution is -0.117. The topological polar surface area (TPSA) is 66.8 Å². The zero-order valence-corrected chi connectivity index (χ0v) is 17.7. The predicted molar refractivity (Wildman–Crippen MR) is 112 cm³/mol. The first-order chi connectivity index (χ1) is 13.4. The lowest BCUT2D eigenvalue weighted by atomic mass is 9.93. The molecular weight excluding hydrogens is 392 g/mol. The van der Waals surface area contributed by atoms with Crippen LogP contribution in [0, 0.1) is 18.8 Å². The molecular formula is C21H26N2O3S2. The lowest BCUT2D eigenvalue weighted by Crippen LogP contribution is -2.47. The Kier molecular flexibility index (Phi) is 4.58. The molecule has 1 amide bonds. The van der Waals surface area contributed by atoms with Crippen LogP contribution < -0.4 is 0 Å². The van der Waals surface area contributed by atoms with Gasteiger partial charge in [-0.15, -0.1) is 0 Å². The Hall–Kier alpha value is -1.34. The van der Waals surface area contributed by atoms with Crippen LogP contribution in [0.25, 0.3) is 0 Å². The highest BCUT2D eigenvalue weighted by molar-refractivity contribution is 8.15. The van der Waals surface area contributed by atoms with Gasteiger partial charge < -0.3 is 4.90 Å². The maximum Gasteiger partial charge on any atom is 0.252 e. The van der Waals surface area contributed by atoms with E-state index in [9.17, 15) is 13.2 Å². The van der Waals surface area contributed by atoms with Crippen molar-refractivity contribution in [2.75, 3.05) is 11.5 Å². The molecule has 5 nitrogen and oxygen atoms in total. The third-order valence-corrected chi connectivity index (χ3v) is 10.1. The zero-order chi connectivity index (χ0) is 19.5. The number of nitrogens with zero attached hydrogens (tertiary/aromatic N) is 2. The average molecular weight is 419 g/mol. The summed E-state index contributed by atoms with van der Waals surface area (Å²) in [7, 11) is -2.99. The van der Waals surface area contributed by atoms with Gasteiger partial charge in [0.25, 0.3) is 5.91 Å². The molecule has 0 unspecified atom stereocenters. The minimum Gasteiger partial charge on any atom is -0.343 e. The number of amides is 1. The van der Waals surface area contributed by atoms with Crippen LogP contribution in [0.2, 0.25) is 0 Å². The van der Waals surface area contributed by atoms with Crippen LogP contribution in [0.5, 0.6) is 0 Å². The van der Waals surface area contributed by atoms with E-state index in [1.807, 2.05) is 31.2 Å². The molecule has 5 rings (SSSR count).